The van der Waals surface area contributed by atoms with Crippen LogP contribution in [0.4, 0.5) is 10.5 Å². The van der Waals surface area contributed by atoms with Crippen molar-refractivity contribution in [3.05, 3.63) is 60.2 Å². The van der Waals surface area contributed by atoms with Gasteiger partial charge in [-0.2, -0.15) is 0 Å². The molecule has 0 radical (unpaired) electrons. The van der Waals surface area contributed by atoms with E-state index in [9.17, 15) is 4.79 Å². The number of hydrogen-bond donors (Lipinski definition) is 1. The quantitative estimate of drug-likeness (QED) is 0.389. The molecule has 1 aromatic carbocycles. The number of thioether (sulfide) groups is 1. The minimum Gasteiger partial charge on any atom is -0.444 e. The van der Waals surface area contributed by atoms with Crippen molar-refractivity contribution in [2.75, 3.05) is 11.1 Å². The van der Waals surface area contributed by atoms with E-state index < -0.39 is 11.7 Å². The Morgan fingerprint density at radius 2 is 2.00 bits per heavy atom. The standard InChI is InChI=1S/C21H29NO2S.C3H4/c1-7-9-10-11-19(25-12-8-2)17-13-16(3)14-18(15-17)22-20(23)24-21(4,5)6;1-3-2/h7-9,11,13-15H,2,10,12H2,1,3-6H3,(H,22,23);1H,2H3/b9-7-,19-11-;. The van der Waals surface area contributed by atoms with Crippen LogP contribution in [0.3, 0.4) is 0 Å². The number of benzene rings is 1. The first kappa shape index (κ1) is 25.6. The zero-order chi connectivity index (χ0) is 21.6. The predicted molar refractivity (Wildman–Crippen MR) is 126 cm³/mol. The molecular weight excluding hydrogens is 366 g/mol. The summed E-state index contributed by atoms with van der Waals surface area (Å²) in [5.74, 6) is 3.09. The highest BCUT2D eigenvalue weighted by molar-refractivity contribution is 8.08. The number of hydrogen-bond acceptors (Lipinski definition) is 3. The van der Waals surface area contributed by atoms with E-state index in [1.165, 1.54) is 4.91 Å². The van der Waals surface area contributed by atoms with Gasteiger partial charge in [0.15, 0.2) is 0 Å². The minimum atomic E-state index is -0.520. The van der Waals surface area contributed by atoms with Crippen LogP contribution in [0.1, 0.15) is 52.2 Å². The number of amides is 1. The maximum Gasteiger partial charge on any atom is 0.412 e. The maximum atomic E-state index is 12.0. The SMILES string of the molecule is C#CC.C=CCS/C(=C\C/C=C\C)c1cc(C)cc(NC(=O)OC(C)(C)C)c1. The summed E-state index contributed by atoms with van der Waals surface area (Å²) >= 11 is 1.74. The van der Waals surface area contributed by atoms with Gasteiger partial charge in [-0.05, 0) is 71.2 Å². The van der Waals surface area contributed by atoms with E-state index in [0.717, 1.165) is 29.0 Å². The molecular formula is C24H33NO2S. The third-order valence-electron chi connectivity index (χ3n) is 3.04. The molecule has 0 saturated heterocycles. The van der Waals surface area contributed by atoms with Crippen molar-refractivity contribution < 1.29 is 9.53 Å². The van der Waals surface area contributed by atoms with Crippen molar-refractivity contribution in [3.63, 3.8) is 0 Å². The van der Waals surface area contributed by atoms with Crippen molar-refractivity contribution in [1.29, 1.82) is 0 Å². The average molecular weight is 400 g/mol. The van der Waals surface area contributed by atoms with Gasteiger partial charge in [0.2, 0.25) is 0 Å². The second-order valence-electron chi connectivity index (χ2n) is 6.98. The topological polar surface area (TPSA) is 38.3 Å². The van der Waals surface area contributed by atoms with Gasteiger partial charge in [0.1, 0.15) is 5.60 Å². The van der Waals surface area contributed by atoms with Gasteiger partial charge in [-0.25, -0.2) is 4.79 Å². The second kappa shape index (κ2) is 13.7. The molecule has 4 heteroatoms. The molecule has 0 aromatic heterocycles. The molecule has 1 rings (SSSR count). The normalized spacial score (nSPS) is 11.2. The molecule has 0 aliphatic carbocycles. The lowest BCUT2D eigenvalue weighted by atomic mass is 10.1. The molecule has 0 unspecified atom stereocenters. The van der Waals surface area contributed by atoms with Crippen LogP contribution in [0.15, 0.2) is 49.1 Å². The Morgan fingerprint density at radius 1 is 1.36 bits per heavy atom. The van der Waals surface area contributed by atoms with Gasteiger partial charge in [0, 0.05) is 16.3 Å². The highest BCUT2D eigenvalue weighted by Crippen LogP contribution is 2.31. The number of rotatable bonds is 7. The molecule has 3 nitrogen and oxygen atoms in total. The molecule has 1 amide bonds. The lowest BCUT2D eigenvalue weighted by molar-refractivity contribution is 0.0636. The monoisotopic (exact) mass is 399 g/mol. The molecule has 0 fully saturated rings. The molecule has 0 saturated carbocycles. The number of terminal acetylenes is 1. The first-order valence-corrected chi connectivity index (χ1v) is 10.2. The Kier molecular flexibility index (Phi) is 12.6. The third-order valence-corrected chi connectivity index (χ3v) is 4.15. The van der Waals surface area contributed by atoms with E-state index >= 15 is 0 Å². The molecule has 28 heavy (non-hydrogen) atoms. The highest BCUT2D eigenvalue weighted by Gasteiger charge is 2.16. The van der Waals surface area contributed by atoms with E-state index in [2.05, 4.69) is 42.5 Å². The Bertz CT molecular complexity index is 734. The summed E-state index contributed by atoms with van der Waals surface area (Å²) in [4.78, 5) is 13.2. The summed E-state index contributed by atoms with van der Waals surface area (Å²) in [6.07, 6.45) is 13.3. The lowest BCUT2D eigenvalue weighted by Gasteiger charge is -2.20. The second-order valence-corrected chi connectivity index (χ2v) is 8.04. The van der Waals surface area contributed by atoms with Crippen LogP contribution in [0.25, 0.3) is 4.91 Å². The van der Waals surface area contributed by atoms with Crippen molar-refractivity contribution in [3.8, 4) is 12.3 Å². The number of nitrogens with one attached hydrogen (secondary N) is 1. The molecule has 0 atom stereocenters. The summed E-state index contributed by atoms with van der Waals surface area (Å²) in [6, 6.07) is 6.04. The first-order valence-electron chi connectivity index (χ1n) is 9.21. The fourth-order valence-corrected chi connectivity index (χ4v) is 2.93. The summed E-state index contributed by atoms with van der Waals surface area (Å²) in [5.41, 5.74) is 2.39. The van der Waals surface area contributed by atoms with Gasteiger partial charge in [-0.3, -0.25) is 5.32 Å². The summed E-state index contributed by atoms with van der Waals surface area (Å²) in [6.45, 7) is 15.0. The van der Waals surface area contributed by atoms with E-state index in [0.29, 0.717) is 0 Å². The molecule has 0 heterocycles. The number of carbonyl (C=O) groups excluding carboxylic acids is 1. The Hall–Kier alpha value is -2.38. The summed E-state index contributed by atoms with van der Waals surface area (Å²) < 4.78 is 5.33. The first-order chi connectivity index (χ1) is 13.2. The van der Waals surface area contributed by atoms with Gasteiger partial charge in [0.25, 0.3) is 0 Å². The lowest BCUT2D eigenvalue weighted by Crippen LogP contribution is -2.27. The van der Waals surface area contributed by atoms with E-state index in [-0.39, 0.29) is 0 Å². The molecule has 152 valence electrons. The third kappa shape index (κ3) is 12.1. The van der Waals surface area contributed by atoms with Gasteiger partial charge in [-0.15, -0.1) is 30.7 Å². The highest BCUT2D eigenvalue weighted by atomic mass is 32.2. The molecule has 1 N–H and O–H groups in total. The van der Waals surface area contributed by atoms with E-state index in [1.54, 1.807) is 18.7 Å². The van der Waals surface area contributed by atoms with Gasteiger partial charge < -0.3 is 4.74 Å². The van der Waals surface area contributed by atoms with Gasteiger partial charge >= 0.3 is 6.09 Å². The average Bonchev–Trinajstić information content (AvgIpc) is 2.56. The van der Waals surface area contributed by atoms with Crippen LogP contribution in [0.2, 0.25) is 0 Å². The van der Waals surface area contributed by atoms with E-state index in [4.69, 9.17) is 4.74 Å². The van der Waals surface area contributed by atoms with Gasteiger partial charge in [0.05, 0.1) is 0 Å². The maximum absolute atomic E-state index is 12.0. The fourth-order valence-electron chi connectivity index (χ4n) is 2.14. The zero-order valence-electron chi connectivity index (χ0n) is 18.0. The number of carbonyl (C=O) groups is 1. The number of allylic oxidation sites excluding steroid dienone is 3. The van der Waals surface area contributed by atoms with Crippen LogP contribution in [0.5, 0.6) is 0 Å². The minimum absolute atomic E-state index is 0.442. The van der Waals surface area contributed by atoms with Crippen LogP contribution in [0, 0.1) is 19.3 Å². The van der Waals surface area contributed by atoms with Crippen LogP contribution in [-0.4, -0.2) is 17.4 Å². The number of ether oxygens (including phenoxy) is 1. The number of aryl methyl sites for hydroxylation is 1. The van der Waals surface area contributed by atoms with Crippen molar-refractivity contribution in [2.45, 2.75) is 53.6 Å². The van der Waals surface area contributed by atoms with Gasteiger partial charge in [-0.1, -0.05) is 30.4 Å². The Labute approximate surface area is 175 Å². The Balaban J connectivity index is 0.00000227. The molecule has 1 aromatic rings. The largest absolute Gasteiger partial charge is 0.444 e. The van der Waals surface area contributed by atoms with E-state index in [1.807, 2.05) is 58.9 Å². The fraction of sp³-hybridized carbons (Fsp3) is 0.375. The smallest absolute Gasteiger partial charge is 0.412 e. The predicted octanol–water partition coefficient (Wildman–Crippen LogP) is 7.21. The van der Waals surface area contributed by atoms with Crippen molar-refractivity contribution in [1.82, 2.24) is 0 Å². The van der Waals surface area contributed by atoms with Crippen LogP contribution >= 0.6 is 11.8 Å². The van der Waals surface area contributed by atoms with Crippen LogP contribution in [-0.2, 0) is 4.74 Å². The Morgan fingerprint density at radius 3 is 2.54 bits per heavy atom. The zero-order valence-corrected chi connectivity index (χ0v) is 18.8. The molecule has 0 bridgehead atoms. The molecule has 0 aliphatic heterocycles. The van der Waals surface area contributed by atoms with Crippen LogP contribution < -0.4 is 5.32 Å². The van der Waals surface area contributed by atoms with Crippen molar-refractivity contribution in [2.24, 2.45) is 0 Å². The molecule has 0 aliphatic rings. The van der Waals surface area contributed by atoms with Crippen molar-refractivity contribution >= 4 is 28.4 Å². The number of anilines is 1. The summed E-state index contributed by atoms with van der Waals surface area (Å²) in [5, 5.41) is 2.83. The summed E-state index contributed by atoms with van der Waals surface area (Å²) in [7, 11) is 0. The molecule has 0 spiro atoms.